The van der Waals surface area contributed by atoms with Gasteiger partial charge in [-0.15, -0.1) is 0 Å². The zero-order valence-corrected chi connectivity index (χ0v) is 11.7. The first-order valence-electron chi connectivity index (χ1n) is 6.43. The van der Waals surface area contributed by atoms with Crippen LogP contribution in [0.25, 0.3) is 0 Å². The Labute approximate surface area is 113 Å². The summed E-state index contributed by atoms with van der Waals surface area (Å²) < 4.78 is 24.2. The summed E-state index contributed by atoms with van der Waals surface area (Å²) in [5.74, 6) is 0.315. The van der Waals surface area contributed by atoms with Gasteiger partial charge in [0.2, 0.25) is 10.0 Å². The maximum absolute atomic E-state index is 12.0. The van der Waals surface area contributed by atoms with Crippen molar-refractivity contribution in [2.45, 2.75) is 37.6 Å². The van der Waals surface area contributed by atoms with E-state index in [-0.39, 0.29) is 10.8 Å². The van der Waals surface area contributed by atoms with Crippen molar-refractivity contribution in [1.82, 2.24) is 9.88 Å². The summed E-state index contributed by atoms with van der Waals surface area (Å²) in [6.45, 7) is 3.01. The second-order valence-electron chi connectivity index (χ2n) is 4.90. The first-order chi connectivity index (χ1) is 8.91. The van der Waals surface area contributed by atoms with Crippen LogP contribution in [0.5, 0.6) is 0 Å². The van der Waals surface area contributed by atoms with E-state index >= 15 is 0 Å². The summed E-state index contributed by atoms with van der Waals surface area (Å²) >= 11 is 0. The summed E-state index contributed by atoms with van der Waals surface area (Å²) in [6.07, 6.45) is 4.92. The van der Waals surface area contributed by atoms with Crippen molar-refractivity contribution in [3.63, 3.8) is 0 Å². The highest BCUT2D eigenvalue weighted by Crippen LogP contribution is 2.25. The number of amides is 1. The first kappa shape index (κ1) is 14.1. The average Bonchev–Trinajstić information content (AvgIpc) is 2.70. The largest absolute Gasteiger partial charge is 0.350 e. The number of nitrogens with two attached hydrogens (primary N) is 1. The van der Waals surface area contributed by atoms with Crippen LogP contribution in [-0.4, -0.2) is 25.4 Å². The summed E-state index contributed by atoms with van der Waals surface area (Å²) in [6, 6.07) is 1.33. The average molecular weight is 285 g/mol. The van der Waals surface area contributed by atoms with Crippen LogP contribution in [0.2, 0.25) is 0 Å². The Hall–Kier alpha value is -1.34. The molecule has 1 amide bonds. The predicted molar refractivity (Wildman–Crippen MR) is 71.2 cm³/mol. The Bertz CT molecular complexity index is 573. The van der Waals surface area contributed by atoms with E-state index in [0.29, 0.717) is 24.7 Å². The zero-order valence-electron chi connectivity index (χ0n) is 10.9. The standard InChI is InChI=1S/C12H19N3O3S/c1-2-15-8-10(19(13,17)18)6-11(15)12(16)14-7-9-4-3-5-9/h6,8-9H,2-5,7H2,1H3,(H,14,16)(H2,13,17,18). The SMILES string of the molecule is CCn1cc(S(N)(=O)=O)cc1C(=O)NCC1CCC1. The normalized spacial score (nSPS) is 16.1. The molecule has 0 aliphatic heterocycles. The van der Waals surface area contributed by atoms with E-state index in [4.69, 9.17) is 5.14 Å². The number of aromatic nitrogens is 1. The van der Waals surface area contributed by atoms with E-state index in [9.17, 15) is 13.2 Å². The molecule has 1 saturated carbocycles. The Morgan fingerprint density at radius 3 is 2.68 bits per heavy atom. The van der Waals surface area contributed by atoms with Crippen LogP contribution in [0, 0.1) is 5.92 Å². The van der Waals surface area contributed by atoms with Gasteiger partial charge in [0.15, 0.2) is 0 Å². The molecule has 1 aromatic rings. The molecule has 0 saturated heterocycles. The van der Waals surface area contributed by atoms with Gasteiger partial charge in [-0.05, 0) is 31.7 Å². The van der Waals surface area contributed by atoms with E-state index in [1.165, 1.54) is 18.7 Å². The Morgan fingerprint density at radius 1 is 1.53 bits per heavy atom. The molecule has 1 aromatic heterocycles. The number of aryl methyl sites for hydroxylation is 1. The number of hydrogen-bond donors (Lipinski definition) is 2. The number of carbonyl (C=O) groups is 1. The molecule has 1 heterocycles. The van der Waals surface area contributed by atoms with Gasteiger partial charge >= 0.3 is 0 Å². The van der Waals surface area contributed by atoms with Crippen LogP contribution in [0.3, 0.4) is 0 Å². The number of hydrogen-bond acceptors (Lipinski definition) is 3. The second-order valence-corrected chi connectivity index (χ2v) is 6.46. The predicted octanol–water partition coefficient (Wildman–Crippen LogP) is 0.685. The third-order valence-corrected chi connectivity index (χ3v) is 4.43. The van der Waals surface area contributed by atoms with Crippen molar-refractivity contribution in [3.8, 4) is 0 Å². The molecule has 19 heavy (non-hydrogen) atoms. The molecule has 0 aromatic carbocycles. The molecule has 2 rings (SSSR count). The highest BCUT2D eigenvalue weighted by molar-refractivity contribution is 7.89. The van der Waals surface area contributed by atoms with Gasteiger partial charge in [-0.3, -0.25) is 4.79 Å². The fourth-order valence-electron chi connectivity index (χ4n) is 2.12. The number of nitrogens with zero attached hydrogens (tertiary/aromatic N) is 1. The maximum Gasteiger partial charge on any atom is 0.267 e. The van der Waals surface area contributed by atoms with Gasteiger partial charge < -0.3 is 9.88 Å². The minimum absolute atomic E-state index is 0.0249. The molecule has 0 spiro atoms. The monoisotopic (exact) mass is 285 g/mol. The van der Waals surface area contributed by atoms with Gasteiger partial charge in [0.05, 0.1) is 0 Å². The Morgan fingerprint density at radius 2 is 2.21 bits per heavy atom. The lowest BCUT2D eigenvalue weighted by Gasteiger charge is -2.25. The molecular weight excluding hydrogens is 266 g/mol. The summed E-state index contributed by atoms with van der Waals surface area (Å²) in [5.41, 5.74) is 0.339. The van der Waals surface area contributed by atoms with Crippen molar-refractivity contribution < 1.29 is 13.2 Å². The molecule has 106 valence electrons. The third kappa shape index (κ3) is 3.16. The van der Waals surface area contributed by atoms with Gasteiger partial charge in [-0.25, -0.2) is 13.6 Å². The summed E-state index contributed by atoms with van der Waals surface area (Å²) in [4.78, 5) is 12.0. The molecule has 6 nitrogen and oxygen atoms in total. The zero-order chi connectivity index (χ0) is 14.0. The minimum Gasteiger partial charge on any atom is -0.350 e. The van der Waals surface area contributed by atoms with E-state index < -0.39 is 10.0 Å². The molecule has 0 atom stereocenters. The summed E-state index contributed by atoms with van der Waals surface area (Å²) in [5, 5.41) is 7.92. The van der Waals surface area contributed by atoms with Crippen LogP contribution < -0.4 is 10.5 Å². The van der Waals surface area contributed by atoms with Gasteiger partial charge in [0.1, 0.15) is 10.6 Å². The summed E-state index contributed by atoms with van der Waals surface area (Å²) in [7, 11) is -3.77. The number of nitrogens with one attached hydrogen (secondary N) is 1. The maximum atomic E-state index is 12.0. The van der Waals surface area contributed by atoms with Gasteiger partial charge in [-0.2, -0.15) is 0 Å². The highest BCUT2D eigenvalue weighted by Gasteiger charge is 2.21. The fourth-order valence-corrected chi connectivity index (χ4v) is 2.67. The van der Waals surface area contributed by atoms with Crippen molar-refractivity contribution in [1.29, 1.82) is 0 Å². The van der Waals surface area contributed by atoms with E-state index in [0.717, 1.165) is 12.8 Å². The van der Waals surface area contributed by atoms with Crippen LogP contribution >= 0.6 is 0 Å². The van der Waals surface area contributed by atoms with Crippen LogP contribution in [-0.2, 0) is 16.6 Å². The fraction of sp³-hybridized carbons (Fsp3) is 0.583. The third-order valence-electron chi connectivity index (χ3n) is 3.55. The highest BCUT2D eigenvalue weighted by atomic mass is 32.2. The number of carbonyl (C=O) groups excluding carboxylic acids is 1. The minimum atomic E-state index is -3.77. The molecule has 3 N–H and O–H groups in total. The lowest BCUT2D eigenvalue weighted by atomic mass is 9.85. The molecule has 0 radical (unpaired) electrons. The number of primary sulfonamides is 1. The lowest BCUT2D eigenvalue weighted by Crippen LogP contribution is -2.33. The van der Waals surface area contributed by atoms with Crippen molar-refractivity contribution in [3.05, 3.63) is 18.0 Å². The van der Waals surface area contributed by atoms with E-state index in [2.05, 4.69) is 5.32 Å². The van der Waals surface area contributed by atoms with Crippen molar-refractivity contribution in [2.24, 2.45) is 11.1 Å². The van der Waals surface area contributed by atoms with Crippen LogP contribution in [0.4, 0.5) is 0 Å². The van der Waals surface area contributed by atoms with Gasteiger partial charge in [-0.1, -0.05) is 6.42 Å². The quantitative estimate of drug-likeness (QED) is 0.833. The molecule has 0 bridgehead atoms. The van der Waals surface area contributed by atoms with Crippen LogP contribution in [0.1, 0.15) is 36.7 Å². The molecule has 1 fully saturated rings. The van der Waals surface area contributed by atoms with Crippen molar-refractivity contribution >= 4 is 15.9 Å². The van der Waals surface area contributed by atoms with Crippen LogP contribution in [0.15, 0.2) is 17.2 Å². The smallest absolute Gasteiger partial charge is 0.267 e. The first-order valence-corrected chi connectivity index (χ1v) is 7.97. The van der Waals surface area contributed by atoms with E-state index in [1.807, 2.05) is 6.92 Å². The Kier molecular flexibility index (Phi) is 3.96. The molecule has 1 aliphatic rings. The van der Waals surface area contributed by atoms with E-state index in [1.54, 1.807) is 4.57 Å². The molecular formula is C12H19N3O3S. The Balaban J connectivity index is 2.13. The number of sulfonamides is 1. The van der Waals surface area contributed by atoms with Gasteiger partial charge in [0, 0.05) is 19.3 Å². The molecule has 7 heteroatoms. The topological polar surface area (TPSA) is 94.2 Å². The van der Waals surface area contributed by atoms with Crippen molar-refractivity contribution in [2.75, 3.05) is 6.54 Å². The molecule has 0 unspecified atom stereocenters. The lowest BCUT2D eigenvalue weighted by molar-refractivity contribution is 0.0930. The number of rotatable bonds is 5. The van der Waals surface area contributed by atoms with Gasteiger partial charge in [0.25, 0.3) is 5.91 Å². The molecule has 1 aliphatic carbocycles. The second kappa shape index (κ2) is 5.34.